The van der Waals surface area contributed by atoms with Crippen LogP contribution in [0, 0.1) is 23.5 Å². The molecule has 0 spiro atoms. The van der Waals surface area contributed by atoms with Crippen LogP contribution in [0.4, 0.5) is 13.2 Å². The fraction of sp³-hybridized carbons (Fsp3) is 0.400. The molecular formula is C10H8F3O. The van der Waals surface area contributed by atoms with Crippen molar-refractivity contribution in [2.45, 2.75) is 25.4 Å². The van der Waals surface area contributed by atoms with Crippen LogP contribution in [0.15, 0.2) is 6.07 Å². The van der Waals surface area contributed by atoms with E-state index in [-0.39, 0.29) is 6.10 Å². The predicted molar refractivity (Wildman–Crippen MR) is 43.4 cm³/mol. The average molecular weight is 201 g/mol. The van der Waals surface area contributed by atoms with E-state index in [1.54, 1.807) is 0 Å². The predicted octanol–water partition coefficient (Wildman–Crippen LogP) is 2.84. The van der Waals surface area contributed by atoms with Crippen LogP contribution >= 0.6 is 0 Å². The third-order valence-electron chi connectivity index (χ3n) is 2.23. The van der Waals surface area contributed by atoms with E-state index in [0.29, 0.717) is 6.07 Å². The molecule has 1 aliphatic carbocycles. The van der Waals surface area contributed by atoms with Crippen LogP contribution in [-0.2, 0) is 0 Å². The zero-order valence-corrected chi connectivity index (χ0v) is 7.32. The van der Waals surface area contributed by atoms with E-state index in [2.05, 4.69) is 0 Å². The molecule has 1 nitrogen and oxygen atoms in total. The highest BCUT2D eigenvalue weighted by Crippen LogP contribution is 2.28. The number of hydrogen-bond acceptors (Lipinski definition) is 1. The molecule has 0 saturated heterocycles. The number of hydrogen-bond donors (Lipinski definition) is 0. The molecule has 2 rings (SSSR count). The van der Waals surface area contributed by atoms with Gasteiger partial charge >= 0.3 is 0 Å². The quantitative estimate of drug-likeness (QED) is 0.668. The van der Waals surface area contributed by atoms with Crippen molar-refractivity contribution in [2.24, 2.45) is 0 Å². The Balaban J connectivity index is 2.22. The Hall–Kier alpha value is -1.19. The van der Waals surface area contributed by atoms with Crippen LogP contribution in [0.5, 0.6) is 5.75 Å². The molecule has 0 aliphatic heterocycles. The fourth-order valence-corrected chi connectivity index (χ4v) is 1.22. The molecule has 0 bridgehead atoms. The van der Waals surface area contributed by atoms with Crippen molar-refractivity contribution in [2.75, 3.05) is 0 Å². The topological polar surface area (TPSA) is 9.23 Å². The lowest BCUT2D eigenvalue weighted by molar-refractivity contribution is 0.113. The summed E-state index contributed by atoms with van der Waals surface area (Å²) in [5.41, 5.74) is 0. The summed E-state index contributed by atoms with van der Waals surface area (Å²) in [6, 6.07) is 2.46. The number of rotatable bonds is 2. The molecule has 0 heterocycles. The van der Waals surface area contributed by atoms with Gasteiger partial charge < -0.3 is 4.74 Å². The zero-order valence-electron chi connectivity index (χ0n) is 7.32. The second kappa shape index (κ2) is 3.52. The maximum Gasteiger partial charge on any atom is 0.201 e. The molecule has 1 saturated carbocycles. The lowest BCUT2D eigenvalue weighted by Gasteiger charge is -2.26. The Morgan fingerprint density at radius 3 is 2.57 bits per heavy atom. The normalized spacial score (nSPS) is 16.5. The van der Waals surface area contributed by atoms with Gasteiger partial charge in [0, 0.05) is 6.07 Å². The van der Waals surface area contributed by atoms with E-state index in [0.717, 1.165) is 19.3 Å². The van der Waals surface area contributed by atoms with Crippen molar-refractivity contribution in [3.05, 3.63) is 29.6 Å². The summed E-state index contributed by atoms with van der Waals surface area (Å²) in [7, 11) is 0. The maximum atomic E-state index is 13.0. The minimum Gasteiger partial charge on any atom is -0.486 e. The zero-order chi connectivity index (χ0) is 10.1. The van der Waals surface area contributed by atoms with Gasteiger partial charge in [0.2, 0.25) is 5.82 Å². The van der Waals surface area contributed by atoms with Gasteiger partial charge in [-0.2, -0.15) is 4.39 Å². The maximum absolute atomic E-state index is 13.0. The van der Waals surface area contributed by atoms with Gasteiger partial charge in [0.1, 0.15) is 5.82 Å². The monoisotopic (exact) mass is 201 g/mol. The van der Waals surface area contributed by atoms with Gasteiger partial charge in [0.25, 0.3) is 0 Å². The average Bonchev–Trinajstić information content (AvgIpc) is 2.05. The van der Waals surface area contributed by atoms with Crippen LogP contribution in [0.2, 0.25) is 0 Å². The van der Waals surface area contributed by atoms with Gasteiger partial charge in [-0.15, -0.1) is 0 Å². The molecular weight excluding hydrogens is 193 g/mol. The minimum absolute atomic E-state index is 0.123. The Kier molecular flexibility index (Phi) is 2.35. The Morgan fingerprint density at radius 2 is 2.00 bits per heavy atom. The van der Waals surface area contributed by atoms with Crippen molar-refractivity contribution in [1.82, 2.24) is 0 Å². The third-order valence-corrected chi connectivity index (χ3v) is 2.23. The molecule has 4 heteroatoms. The van der Waals surface area contributed by atoms with Crippen molar-refractivity contribution in [1.29, 1.82) is 0 Å². The molecule has 75 valence electrons. The summed E-state index contributed by atoms with van der Waals surface area (Å²) in [6.45, 7) is 0. The van der Waals surface area contributed by atoms with Crippen molar-refractivity contribution >= 4 is 0 Å². The second-order valence-corrected chi connectivity index (χ2v) is 3.28. The van der Waals surface area contributed by atoms with E-state index >= 15 is 0 Å². The van der Waals surface area contributed by atoms with Gasteiger partial charge in [-0.3, -0.25) is 0 Å². The summed E-state index contributed by atoms with van der Waals surface area (Å²) >= 11 is 0. The van der Waals surface area contributed by atoms with Gasteiger partial charge in [-0.05, 0) is 19.3 Å². The number of benzene rings is 1. The molecule has 14 heavy (non-hydrogen) atoms. The van der Waals surface area contributed by atoms with Crippen molar-refractivity contribution in [3.8, 4) is 5.75 Å². The van der Waals surface area contributed by atoms with Crippen LogP contribution in [0.1, 0.15) is 19.3 Å². The first-order valence-electron chi connectivity index (χ1n) is 4.40. The van der Waals surface area contributed by atoms with E-state index in [1.165, 1.54) is 0 Å². The highest BCUT2D eigenvalue weighted by atomic mass is 19.2. The molecule has 0 amide bonds. The highest BCUT2D eigenvalue weighted by Gasteiger charge is 2.22. The van der Waals surface area contributed by atoms with Crippen molar-refractivity contribution in [3.63, 3.8) is 0 Å². The SMILES string of the molecule is Fc1[c]c(OC2CCC2)c(F)c(F)c1. The first-order chi connectivity index (χ1) is 6.66. The minimum atomic E-state index is -1.24. The summed E-state index contributed by atoms with van der Waals surface area (Å²) in [6.07, 6.45) is 2.47. The molecule has 1 aromatic rings. The fourth-order valence-electron chi connectivity index (χ4n) is 1.22. The lowest BCUT2D eigenvalue weighted by atomic mass is 9.96. The number of halogens is 3. The molecule has 0 aromatic heterocycles. The molecule has 1 radical (unpaired) electrons. The third kappa shape index (κ3) is 1.69. The van der Waals surface area contributed by atoms with Crippen LogP contribution in [0.3, 0.4) is 0 Å². The Labute approximate surface area is 79.5 Å². The Bertz CT molecular complexity index is 347. The van der Waals surface area contributed by atoms with E-state index in [4.69, 9.17) is 4.74 Å². The molecule has 0 N–H and O–H groups in total. The van der Waals surface area contributed by atoms with Gasteiger partial charge in [0.05, 0.1) is 12.2 Å². The van der Waals surface area contributed by atoms with E-state index in [1.807, 2.05) is 6.07 Å². The summed E-state index contributed by atoms with van der Waals surface area (Å²) in [4.78, 5) is 0. The van der Waals surface area contributed by atoms with Crippen LogP contribution in [-0.4, -0.2) is 6.10 Å². The molecule has 0 unspecified atom stereocenters. The Morgan fingerprint density at radius 1 is 1.29 bits per heavy atom. The molecule has 1 fully saturated rings. The van der Waals surface area contributed by atoms with Gasteiger partial charge in [0.15, 0.2) is 11.6 Å². The van der Waals surface area contributed by atoms with Crippen molar-refractivity contribution < 1.29 is 17.9 Å². The smallest absolute Gasteiger partial charge is 0.201 e. The van der Waals surface area contributed by atoms with Crippen LogP contribution in [0.25, 0.3) is 0 Å². The molecule has 1 aromatic carbocycles. The van der Waals surface area contributed by atoms with E-state index < -0.39 is 23.2 Å². The van der Waals surface area contributed by atoms with Gasteiger partial charge in [-0.1, -0.05) is 0 Å². The van der Waals surface area contributed by atoms with Crippen LogP contribution < -0.4 is 4.74 Å². The lowest BCUT2D eigenvalue weighted by Crippen LogP contribution is -2.25. The summed E-state index contributed by atoms with van der Waals surface area (Å²) < 4.78 is 43.4. The largest absolute Gasteiger partial charge is 0.486 e. The highest BCUT2D eigenvalue weighted by molar-refractivity contribution is 5.25. The summed E-state index contributed by atoms with van der Waals surface area (Å²) in [5, 5.41) is 0. The van der Waals surface area contributed by atoms with Gasteiger partial charge in [-0.25, -0.2) is 8.78 Å². The summed E-state index contributed by atoms with van der Waals surface area (Å²) in [5.74, 6) is -3.81. The number of ether oxygens (including phenoxy) is 1. The first-order valence-corrected chi connectivity index (χ1v) is 4.40. The van der Waals surface area contributed by atoms with E-state index in [9.17, 15) is 13.2 Å². The second-order valence-electron chi connectivity index (χ2n) is 3.28. The first kappa shape index (κ1) is 9.37. The molecule has 0 atom stereocenters. The standard InChI is InChI=1S/C10H8F3O/c11-6-4-8(12)10(13)9(5-6)14-7-2-1-3-7/h4,7H,1-3H2. The molecule has 1 aliphatic rings.